The zero-order valence-corrected chi connectivity index (χ0v) is 14.8. The largest absolute Gasteiger partial charge is 0.493 e. The number of para-hydroxylation sites is 1. The monoisotopic (exact) mass is 399 g/mol. The number of hydrogen-bond acceptors (Lipinski definition) is 3. The number of benzene rings is 3. The molecule has 0 aliphatic rings. The molecule has 0 atom stereocenters. The average Bonchev–Trinajstić information content (AvgIpc) is 2.99. The van der Waals surface area contributed by atoms with Gasteiger partial charge in [-0.3, -0.25) is 0 Å². The van der Waals surface area contributed by atoms with Crippen LogP contribution < -0.4 is 0 Å². The van der Waals surface area contributed by atoms with E-state index in [2.05, 4.69) is 10.2 Å². The lowest BCUT2D eigenvalue weighted by atomic mass is 10.2. The van der Waals surface area contributed by atoms with Gasteiger partial charge >= 0.3 is 0 Å². The molecule has 4 nitrogen and oxygen atoms in total. The highest BCUT2D eigenvalue weighted by molar-refractivity contribution is 5.95. The van der Waals surface area contributed by atoms with Crippen LogP contribution >= 0.6 is 0 Å². The summed E-state index contributed by atoms with van der Waals surface area (Å²) < 4.78 is 56.0. The maximum absolute atomic E-state index is 13.8. The molecule has 0 radical (unpaired) electrons. The third-order valence-electron chi connectivity index (χ3n) is 4.44. The van der Waals surface area contributed by atoms with Gasteiger partial charge in [0.2, 0.25) is 5.88 Å². The second-order valence-corrected chi connectivity index (χ2v) is 6.28. The predicted octanol–water partition coefficient (Wildman–Crippen LogP) is 6.37. The van der Waals surface area contributed by atoms with Gasteiger partial charge in [0.25, 0.3) is 0 Å². The molecule has 0 saturated heterocycles. The summed E-state index contributed by atoms with van der Waals surface area (Å²) in [6, 6.07) is 16.2. The minimum atomic E-state index is -1.67. The standard InChI is InChI=1S/C21H13F4N3O/c22-14-10-15(23)18(25)20(17(14)24)27-26-19-13-8-4-5-9-16(13)28(21(19)29)11-12-6-2-1-3-7-12/h1-10,29H,11H2. The summed E-state index contributed by atoms with van der Waals surface area (Å²) in [7, 11) is 0. The lowest BCUT2D eigenvalue weighted by Crippen LogP contribution is -1.98. The Morgan fingerprint density at radius 1 is 0.759 bits per heavy atom. The normalized spacial score (nSPS) is 11.6. The van der Waals surface area contributed by atoms with Crippen LogP contribution in [0.25, 0.3) is 10.9 Å². The van der Waals surface area contributed by atoms with Gasteiger partial charge in [-0.2, -0.15) is 0 Å². The molecule has 0 aliphatic carbocycles. The first-order valence-corrected chi connectivity index (χ1v) is 8.56. The van der Waals surface area contributed by atoms with E-state index in [0.29, 0.717) is 17.4 Å². The molecule has 0 unspecified atom stereocenters. The smallest absolute Gasteiger partial charge is 0.221 e. The Balaban J connectivity index is 1.84. The van der Waals surface area contributed by atoms with E-state index in [-0.39, 0.29) is 17.6 Å². The van der Waals surface area contributed by atoms with E-state index in [1.807, 2.05) is 30.3 Å². The molecule has 3 aromatic carbocycles. The maximum atomic E-state index is 13.8. The van der Waals surface area contributed by atoms with Gasteiger partial charge in [0.05, 0.1) is 12.1 Å². The molecule has 0 saturated carbocycles. The Bertz CT molecular complexity index is 1210. The lowest BCUT2D eigenvalue weighted by molar-refractivity contribution is 0.429. The number of halogens is 4. The van der Waals surface area contributed by atoms with E-state index in [0.717, 1.165) is 5.56 Å². The van der Waals surface area contributed by atoms with Gasteiger partial charge < -0.3 is 9.67 Å². The molecule has 1 heterocycles. The zero-order valence-electron chi connectivity index (χ0n) is 14.8. The summed E-state index contributed by atoms with van der Waals surface area (Å²) in [6.45, 7) is 0.306. The quantitative estimate of drug-likeness (QED) is 0.242. The molecule has 4 aromatic rings. The van der Waals surface area contributed by atoms with Crippen molar-refractivity contribution < 1.29 is 22.7 Å². The first-order valence-electron chi connectivity index (χ1n) is 8.56. The lowest BCUT2D eigenvalue weighted by Gasteiger charge is -2.07. The number of azo groups is 1. The molecular formula is C21H13F4N3O. The molecular weight excluding hydrogens is 386 g/mol. The Kier molecular flexibility index (Phi) is 4.75. The molecule has 0 bridgehead atoms. The Labute approximate surface area is 162 Å². The van der Waals surface area contributed by atoms with Crippen molar-refractivity contribution in [3.05, 3.63) is 89.5 Å². The van der Waals surface area contributed by atoms with E-state index >= 15 is 0 Å². The Morgan fingerprint density at radius 2 is 1.34 bits per heavy atom. The van der Waals surface area contributed by atoms with Crippen LogP contribution in [0.2, 0.25) is 0 Å². The van der Waals surface area contributed by atoms with Crippen LogP contribution in [0.1, 0.15) is 5.56 Å². The molecule has 29 heavy (non-hydrogen) atoms. The molecule has 4 rings (SSSR count). The SMILES string of the molecule is Oc1c(N=Nc2c(F)c(F)cc(F)c2F)c2ccccc2n1Cc1ccccc1. The highest BCUT2D eigenvalue weighted by Gasteiger charge is 2.21. The molecule has 0 spiro atoms. The summed E-state index contributed by atoms with van der Waals surface area (Å²) in [5, 5.41) is 18.2. The van der Waals surface area contributed by atoms with Crippen molar-refractivity contribution in [3.63, 3.8) is 0 Å². The average molecular weight is 399 g/mol. The third-order valence-corrected chi connectivity index (χ3v) is 4.44. The van der Waals surface area contributed by atoms with Crippen LogP contribution in [0.4, 0.5) is 28.9 Å². The van der Waals surface area contributed by atoms with E-state index in [9.17, 15) is 22.7 Å². The number of rotatable bonds is 4. The van der Waals surface area contributed by atoms with Crippen LogP contribution in [0.15, 0.2) is 70.9 Å². The fraction of sp³-hybridized carbons (Fsp3) is 0.0476. The first-order chi connectivity index (χ1) is 14.0. The zero-order chi connectivity index (χ0) is 20.5. The third kappa shape index (κ3) is 3.33. The fourth-order valence-electron chi connectivity index (χ4n) is 3.04. The molecule has 0 fully saturated rings. The summed E-state index contributed by atoms with van der Waals surface area (Å²) in [5.41, 5.74) is 0.229. The van der Waals surface area contributed by atoms with Crippen molar-refractivity contribution >= 4 is 22.3 Å². The second kappa shape index (κ2) is 7.38. The van der Waals surface area contributed by atoms with Gasteiger partial charge in [0.1, 0.15) is 0 Å². The van der Waals surface area contributed by atoms with Crippen LogP contribution in [-0.4, -0.2) is 9.67 Å². The van der Waals surface area contributed by atoms with Crippen LogP contribution in [0.3, 0.4) is 0 Å². The number of hydrogen-bond donors (Lipinski definition) is 1. The summed E-state index contributed by atoms with van der Waals surface area (Å²) in [4.78, 5) is 0. The minimum absolute atomic E-state index is 0.0694. The van der Waals surface area contributed by atoms with Crippen molar-refractivity contribution in [1.82, 2.24) is 4.57 Å². The summed E-state index contributed by atoms with van der Waals surface area (Å²) in [5.74, 6) is -6.81. The van der Waals surface area contributed by atoms with Crippen molar-refractivity contribution in [2.24, 2.45) is 10.2 Å². The van der Waals surface area contributed by atoms with Gasteiger partial charge in [-0.25, -0.2) is 17.6 Å². The highest BCUT2D eigenvalue weighted by Crippen LogP contribution is 2.40. The van der Waals surface area contributed by atoms with E-state index in [1.165, 1.54) is 0 Å². The van der Waals surface area contributed by atoms with Crippen molar-refractivity contribution in [2.75, 3.05) is 0 Å². The van der Waals surface area contributed by atoms with Crippen LogP contribution in [0, 0.1) is 23.3 Å². The second-order valence-electron chi connectivity index (χ2n) is 6.28. The van der Waals surface area contributed by atoms with Crippen LogP contribution in [-0.2, 0) is 6.54 Å². The summed E-state index contributed by atoms with van der Waals surface area (Å²) >= 11 is 0. The number of nitrogens with zero attached hydrogens (tertiary/aromatic N) is 3. The summed E-state index contributed by atoms with van der Waals surface area (Å²) in [6.07, 6.45) is 0. The maximum Gasteiger partial charge on any atom is 0.221 e. The fourth-order valence-corrected chi connectivity index (χ4v) is 3.04. The van der Waals surface area contributed by atoms with Crippen LogP contribution in [0.5, 0.6) is 5.88 Å². The predicted molar refractivity (Wildman–Crippen MR) is 99.6 cm³/mol. The molecule has 1 aromatic heterocycles. The molecule has 0 amide bonds. The van der Waals surface area contributed by atoms with E-state index in [1.54, 1.807) is 28.8 Å². The molecule has 1 N–H and O–H groups in total. The minimum Gasteiger partial charge on any atom is -0.493 e. The highest BCUT2D eigenvalue weighted by atomic mass is 19.2. The number of fused-ring (bicyclic) bond motifs is 1. The molecule has 0 aliphatic heterocycles. The first kappa shape index (κ1) is 18.7. The topological polar surface area (TPSA) is 49.9 Å². The van der Waals surface area contributed by atoms with E-state index < -0.39 is 29.0 Å². The molecule has 146 valence electrons. The number of aromatic nitrogens is 1. The number of aromatic hydroxyl groups is 1. The van der Waals surface area contributed by atoms with Gasteiger partial charge in [-0.15, -0.1) is 10.2 Å². The van der Waals surface area contributed by atoms with Gasteiger partial charge in [0, 0.05) is 11.5 Å². The van der Waals surface area contributed by atoms with E-state index in [4.69, 9.17) is 0 Å². The van der Waals surface area contributed by atoms with Gasteiger partial charge in [-0.05, 0) is 11.6 Å². The Morgan fingerprint density at radius 3 is 2.03 bits per heavy atom. The van der Waals surface area contributed by atoms with Gasteiger partial charge in [0.15, 0.2) is 34.6 Å². The molecule has 8 heteroatoms. The van der Waals surface area contributed by atoms with Crippen molar-refractivity contribution in [2.45, 2.75) is 6.54 Å². The van der Waals surface area contributed by atoms with Gasteiger partial charge in [-0.1, -0.05) is 48.5 Å². The van der Waals surface area contributed by atoms with Crippen molar-refractivity contribution in [1.29, 1.82) is 0 Å². The Hall–Kier alpha value is -3.68. The van der Waals surface area contributed by atoms with Crippen molar-refractivity contribution in [3.8, 4) is 5.88 Å².